The van der Waals surface area contributed by atoms with E-state index < -0.39 is 60.4 Å². The van der Waals surface area contributed by atoms with E-state index in [1.165, 1.54) is 0 Å². The summed E-state index contributed by atoms with van der Waals surface area (Å²) in [6, 6.07) is 46.2. The van der Waals surface area contributed by atoms with Gasteiger partial charge >= 0.3 is 0 Å². The smallest absolute Gasteiger partial charge is 0.0645 e. The van der Waals surface area contributed by atoms with E-state index in [1.54, 1.807) is 24.3 Å². The molecule has 0 fully saturated rings. The lowest BCUT2D eigenvalue weighted by Gasteiger charge is -2.26. The Morgan fingerprint density at radius 1 is 0.240 bits per heavy atom. The molecule has 238 valence electrons. The average molecular weight is 651 g/mol. The number of para-hydroxylation sites is 2. The first kappa shape index (κ1) is 21.4. The molecule has 0 N–H and O–H groups in total. The van der Waals surface area contributed by atoms with E-state index in [0.29, 0.717) is 0 Å². The average Bonchev–Trinajstić information content (AvgIpc) is 3.30. The molecule has 0 spiro atoms. The van der Waals surface area contributed by atoms with E-state index in [1.807, 2.05) is 60.7 Å². The minimum atomic E-state index is -0.617. The van der Waals surface area contributed by atoms with Crippen molar-refractivity contribution in [3.05, 3.63) is 218 Å². The summed E-state index contributed by atoms with van der Waals surface area (Å²) in [4.78, 5) is 3.34. The summed E-state index contributed by atoms with van der Waals surface area (Å²) in [5.74, 6) is 0. The Labute approximate surface area is 308 Å². The van der Waals surface area contributed by atoms with Gasteiger partial charge in [-0.15, -0.1) is 0 Å². The van der Waals surface area contributed by atoms with Gasteiger partial charge in [0.2, 0.25) is 0 Å². The van der Waals surface area contributed by atoms with Gasteiger partial charge in [0.1, 0.15) is 0 Å². The van der Waals surface area contributed by atoms with E-state index in [4.69, 9.17) is 13.7 Å². The monoisotopic (exact) mass is 650 g/mol. The Bertz CT molecular complexity index is 2620. The fraction of sp³-hybridized carbons (Fsp3) is 0. The van der Waals surface area contributed by atoms with E-state index in [2.05, 4.69) is 77.7 Å². The Morgan fingerprint density at radius 3 is 0.760 bits per heavy atom. The standard InChI is InChI=1S/C48H36N2/c1-5-13-37(14-6-1)39-21-29-46(30-22-39)50(47-31-23-40(24-32-47)38-15-7-2-8-16-38)48-35-27-42(28-36-48)41-25-33-45(34-26-41)49(43-17-9-3-10-18-43)44-19-11-4-12-20-44/h1-36H/i3D,4D,9D,10D,11D,12D,17D,18D,19D,20D. The largest absolute Gasteiger partial charge is 0.311 e. The second kappa shape index (κ2) is 14.2. The van der Waals surface area contributed by atoms with Crippen molar-refractivity contribution in [3.8, 4) is 33.4 Å². The van der Waals surface area contributed by atoms with Crippen LogP contribution in [0.5, 0.6) is 0 Å². The Hall–Kier alpha value is -6.64. The van der Waals surface area contributed by atoms with E-state index in [0.717, 1.165) is 55.3 Å². The molecule has 0 aliphatic rings. The molecule has 0 saturated carbocycles. The van der Waals surface area contributed by atoms with E-state index in [-0.39, 0.29) is 17.1 Å². The molecule has 0 amide bonds. The minimum Gasteiger partial charge on any atom is -0.311 e. The maximum atomic E-state index is 8.74. The third-order valence-corrected chi connectivity index (χ3v) is 8.47. The molecule has 0 heterocycles. The first-order chi connectivity index (χ1) is 28.9. The van der Waals surface area contributed by atoms with Crippen molar-refractivity contribution >= 4 is 34.1 Å². The fourth-order valence-corrected chi connectivity index (χ4v) is 6.00. The van der Waals surface area contributed by atoms with Crippen molar-refractivity contribution in [3.63, 3.8) is 0 Å². The van der Waals surface area contributed by atoms with Crippen LogP contribution in [0, 0.1) is 0 Å². The lowest BCUT2D eigenvalue weighted by Crippen LogP contribution is -2.10. The molecule has 2 nitrogen and oxygen atoms in total. The van der Waals surface area contributed by atoms with Crippen molar-refractivity contribution in [2.75, 3.05) is 9.80 Å². The van der Waals surface area contributed by atoms with Gasteiger partial charge in [-0.05, 0) is 106 Å². The molecule has 0 saturated heterocycles. The highest BCUT2D eigenvalue weighted by molar-refractivity contribution is 5.82. The highest BCUT2D eigenvalue weighted by atomic mass is 15.1. The number of anilines is 6. The lowest BCUT2D eigenvalue weighted by molar-refractivity contribution is 1.28. The zero-order valence-corrected chi connectivity index (χ0v) is 26.9. The van der Waals surface area contributed by atoms with Crippen LogP contribution in [0.4, 0.5) is 34.1 Å². The van der Waals surface area contributed by atoms with Crippen LogP contribution < -0.4 is 9.80 Å². The molecule has 8 aromatic rings. The molecular formula is C48H36N2. The molecule has 0 atom stereocenters. The summed E-state index contributed by atoms with van der Waals surface area (Å²) >= 11 is 0. The molecule has 0 aliphatic carbocycles. The van der Waals surface area contributed by atoms with Gasteiger partial charge in [0.15, 0.2) is 0 Å². The third-order valence-electron chi connectivity index (χ3n) is 8.47. The first-order valence-electron chi connectivity index (χ1n) is 21.2. The molecule has 0 aliphatic heterocycles. The van der Waals surface area contributed by atoms with Crippen molar-refractivity contribution in [1.82, 2.24) is 0 Å². The second-order valence-electron chi connectivity index (χ2n) is 11.5. The van der Waals surface area contributed by atoms with Crippen LogP contribution in [-0.2, 0) is 0 Å². The summed E-state index contributed by atoms with van der Waals surface area (Å²) in [6.07, 6.45) is 0. The molecule has 50 heavy (non-hydrogen) atoms. The summed E-state index contributed by atoms with van der Waals surface area (Å²) in [5, 5.41) is 0. The van der Waals surface area contributed by atoms with Gasteiger partial charge in [0, 0.05) is 34.1 Å². The van der Waals surface area contributed by atoms with Gasteiger partial charge in [-0.25, -0.2) is 0 Å². The van der Waals surface area contributed by atoms with Crippen LogP contribution in [0.2, 0.25) is 0 Å². The van der Waals surface area contributed by atoms with E-state index >= 15 is 0 Å². The zero-order valence-electron chi connectivity index (χ0n) is 36.9. The van der Waals surface area contributed by atoms with Gasteiger partial charge in [-0.3, -0.25) is 0 Å². The molecule has 0 radical (unpaired) electrons. The lowest BCUT2D eigenvalue weighted by atomic mass is 10.0. The topological polar surface area (TPSA) is 6.48 Å². The van der Waals surface area contributed by atoms with Crippen LogP contribution in [0.3, 0.4) is 0 Å². The Morgan fingerprint density at radius 2 is 0.480 bits per heavy atom. The highest BCUT2D eigenvalue weighted by Gasteiger charge is 2.15. The summed E-state index contributed by atoms with van der Waals surface area (Å²) in [5.41, 5.74) is 8.53. The first-order valence-corrected chi connectivity index (χ1v) is 16.2. The Balaban J connectivity index is 1.18. The molecule has 0 aromatic heterocycles. The van der Waals surface area contributed by atoms with Crippen molar-refractivity contribution in [2.45, 2.75) is 0 Å². The van der Waals surface area contributed by atoms with Crippen molar-refractivity contribution < 1.29 is 13.7 Å². The number of nitrogens with zero attached hydrogens (tertiary/aromatic N) is 2. The third kappa shape index (κ3) is 6.56. The molecule has 8 rings (SSSR count). The number of hydrogen-bond donors (Lipinski definition) is 0. The summed E-state index contributed by atoms with van der Waals surface area (Å²) < 4.78 is 84.6. The number of hydrogen-bond acceptors (Lipinski definition) is 2. The fourth-order valence-electron chi connectivity index (χ4n) is 6.00. The summed E-state index contributed by atoms with van der Waals surface area (Å²) in [7, 11) is 0. The van der Waals surface area contributed by atoms with E-state index in [9.17, 15) is 0 Å². The van der Waals surface area contributed by atoms with Gasteiger partial charge in [-0.1, -0.05) is 145 Å². The highest BCUT2D eigenvalue weighted by Crippen LogP contribution is 2.39. The van der Waals surface area contributed by atoms with Crippen LogP contribution in [0.15, 0.2) is 218 Å². The quantitative estimate of drug-likeness (QED) is 0.153. The van der Waals surface area contributed by atoms with Crippen molar-refractivity contribution in [2.24, 2.45) is 0 Å². The maximum absolute atomic E-state index is 8.74. The SMILES string of the molecule is [2H]c1c([2H])c([2H])c(N(c2ccc(-c3ccc(N(c4ccc(-c5ccccc5)cc4)c4ccc(-c5ccccc5)cc4)cc3)cc2)c2c([2H])c([2H])c([2H])c([2H])c2[2H])c([2H])c1[2H]. The molecule has 2 heteroatoms. The minimum absolute atomic E-state index is 0.233. The molecule has 0 unspecified atom stereocenters. The predicted octanol–water partition coefficient (Wildman–Crippen LogP) is 13.6. The number of rotatable bonds is 9. The zero-order chi connectivity index (χ0) is 42.2. The maximum Gasteiger partial charge on any atom is 0.0645 e. The molecule has 0 bridgehead atoms. The van der Waals surface area contributed by atoms with Crippen LogP contribution in [0.1, 0.15) is 13.7 Å². The molecule has 8 aromatic carbocycles. The van der Waals surface area contributed by atoms with Crippen molar-refractivity contribution in [1.29, 1.82) is 0 Å². The summed E-state index contributed by atoms with van der Waals surface area (Å²) in [6.45, 7) is 0. The van der Waals surface area contributed by atoms with Gasteiger partial charge in [-0.2, -0.15) is 0 Å². The Kier molecular flexibility index (Phi) is 6.08. The van der Waals surface area contributed by atoms with Gasteiger partial charge < -0.3 is 9.80 Å². The van der Waals surface area contributed by atoms with Gasteiger partial charge in [0.25, 0.3) is 0 Å². The van der Waals surface area contributed by atoms with Crippen LogP contribution in [-0.4, -0.2) is 0 Å². The van der Waals surface area contributed by atoms with Crippen LogP contribution >= 0.6 is 0 Å². The van der Waals surface area contributed by atoms with Gasteiger partial charge in [0.05, 0.1) is 13.7 Å². The molecular weight excluding hydrogens is 605 g/mol. The van der Waals surface area contributed by atoms with Crippen LogP contribution in [0.25, 0.3) is 33.4 Å². The number of benzene rings is 8. The second-order valence-corrected chi connectivity index (χ2v) is 11.5. The predicted molar refractivity (Wildman–Crippen MR) is 212 cm³/mol. The normalized spacial score (nSPS) is 13.6.